The van der Waals surface area contributed by atoms with Gasteiger partial charge in [-0.2, -0.15) is 0 Å². The Balaban J connectivity index is 1.73. The average Bonchev–Trinajstić information content (AvgIpc) is 2.78. The predicted molar refractivity (Wildman–Crippen MR) is 114 cm³/mol. The van der Waals surface area contributed by atoms with Crippen molar-refractivity contribution in [1.82, 2.24) is 5.32 Å². The lowest BCUT2D eigenvalue weighted by molar-refractivity contribution is -0.136. The summed E-state index contributed by atoms with van der Waals surface area (Å²) in [7, 11) is 3.09. The molecule has 1 aliphatic heterocycles. The zero-order valence-electron chi connectivity index (χ0n) is 17.0. The van der Waals surface area contributed by atoms with Crippen molar-refractivity contribution >= 4 is 29.1 Å². The molecular weight excluding hydrogens is 408 g/mol. The molecular formula is C22H25ClN2O5. The molecule has 2 N–H and O–H groups in total. The maximum atomic E-state index is 12.5. The van der Waals surface area contributed by atoms with E-state index >= 15 is 0 Å². The van der Waals surface area contributed by atoms with Gasteiger partial charge >= 0.3 is 11.8 Å². The van der Waals surface area contributed by atoms with E-state index in [2.05, 4.69) is 10.6 Å². The zero-order chi connectivity index (χ0) is 21.6. The smallest absolute Gasteiger partial charge is 0.313 e. The fraction of sp³-hybridized carbons (Fsp3) is 0.364. The summed E-state index contributed by atoms with van der Waals surface area (Å²) in [5.41, 5.74) is 0.942. The molecule has 2 aromatic carbocycles. The monoisotopic (exact) mass is 432 g/mol. The lowest BCUT2D eigenvalue weighted by Crippen LogP contribution is -2.47. The van der Waals surface area contributed by atoms with Crippen LogP contribution in [-0.2, 0) is 19.7 Å². The fourth-order valence-electron chi connectivity index (χ4n) is 3.67. The van der Waals surface area contributed by atoms with Crippen molar-refractivity contribution in [2.24, 2.45) is 0 Å². The Morgan fingerprint density at radius 2 is 1.73 bits per heavy atom. The van der Waals surface area contributed by atoms with Gasteiger partial charge in [-0.3, -0.25) is 9.59 Å². The van der Waals surface area contributed by atoms with Crippen molar-refractivity contribution in [3.05, 3.63) is 53.1 Å². The molecule has 0 aromatic heterocycles. The molecule has 30 heavy (non-hydrogen) atoms. The van der Waals surface area contributed by atoms with Gasteiger partial charge in [0.15, 0.2) is 0 Å². The Morgan fingerprint density at radius 3 is 2.43 bits per heavy atom. The second-order valence-corrected chi connectivity index (χ2v) is 7.51. The van der Waals surface area contributed by atoms with Crippen LogP contribution in [0.25, 0.3) is 0 Å². The Kier molecular flexibility index (Phi) is 7.18. The minimum Gasteiger partial charge on any atom is -0.496 e. The van der Waals surface area contributed by atoms with E-state index < -0.39 is 11.8 Å². The number of rotatable bonds is 6. The average molecular weight is 433 g/mol. The molecule has 0 aliphatic carbocycles. The first-order valence-corrected chi connectivity index (χ1v) is 10.0. The van der Waals surface area contributed by atoms with Crippen LogP contribution < -0.4 is 20.1 Å². The first-order chi connectivity index (χ1) is 14.5. The molecule has 2 amide bonds. The minimum absolute atomic E-state index is 0.287. The van der Waals surface area contributed by atoms with Gasteiger partial charge in [-0.15, -0.1) is 0 Å². The molecule has 0 unspecified atom stereocenters. The van der Waals surface area contributed by atoms with Crippen LogP contribution >= 0.6 is 11.6 Å². The summed E-state index contributed by atoms with van der Waals surface area (Å²) in [6, 6.07) is 12.5. The van der Waals surface area contributed by atoms with Gasteiger partial charge in [0.2, 0.25) is 0 Å². The Hall–Kier alpha value is -2.77. The first-order valence-electron chi connectivity index (χ1n) is 9.63. The second kappa shape index (κ2) is 9.82. The van der Waals surface area contributed by atoms with E-state index in [0.717, 1.165) is 11.3 Å². The summed E-state index contributed by atoms with van der Waals surface area (Å²) in [6.45, 7) is 1.43. The number of hydrogen-bond donors (Lipinski definition) is 2. The van der Waals surface area contributed by atoms with E-state index in [1.807, 2.05) is 24.3 Å². The SMILES string of the molecule is COc1ccc(Cl)cc1NC(=O)C(=O)NCC1(c2ccccc2OC)CCOCC1. The van der Waals surface area contributed by atoms with E-state index in [-0.39, 0.29) is 12.0 Å². The van der Waals surface area contributed by atoms with Crippen LogP contribution in [0.4, 0.5) is 5.69 Å². The lowest BCUT2D eigenvalue weighted by Gasteiger charge is -2.38. The van der Waals surface area contributed by atoms with E-state index in [4.69, 9.17) is 25.8 Å². The molecule has 0 bridgehead atoms. The molecule has 3 rings (SSSR count). The first kappa shape index (κ1) is 21.9. The highest BCUT2D eigenvalue weighted by atomic mass is 35.5. The Bertz CT molecular complexity index is 912. The molecule has 8 heteroatoms. The molecule has 160 valence electrons. The van der Waals surface area contributed by atoms with Crippen LogP contribution in [0.1, 0.15) is 18.4 Å². The van der Waals surface area contributed by atoms with Crippen molar-refractivity contribution in [1.29, 1.82) is 0 Å². The van der Waals surface area contributed by atoms with Gasteiger partial charge in [0.1, 0.15) is 11.5 Å². The molecule has 2 aromatic rings. The molecule has 0 saturated carbocycles. The van der Waals surface area contributed by atoms with Crippen molar-refractivity contribution in [2.45, 2.75) is 18.3 Å². The molecule has 1 saturated heterocycles. The number of para-hydroxylation sites is 1. The molecule has 1 heterocycles. The third-order valence-electron chi connectivity index (χ3n) is 5.33. The number of halogens is 1. The van der Waals surface area contributed by atoms with Crippen LogP contribution in [0.5, 0.6) is 11.5 Å². The molecule has 0 atom stereocenters. The Morgan fingerprint density at radius 1 is 1.03 bits per heavy atom. The number of carbonyl (C=O) groups excluding carboxylic acids is 2. The summed E-state index contributed by atoms with van der Waals surface area (Å²) < 4.78 is 16.3. The number of amides is 2. The molecule has 7 nitrogen and oxygen atoms in total. The van der Waals surface area contributed by atoms with Gasteiger partial charge in [-0.05, 0) is 37.1 Å². The highest BCUT2D eigenvalue weighted by Crippen LogP contribution is 2.39. The minimum atomic E-state index is -0.794. The number of carbonyl (C=O) groups is 2. The largest absolute Gasteiger partial charge is 0.496 e. The molecule has 1 aliphatic rings. The summed E-state index contributed by atoms with van der Waals surface area (Å²) in [5, 5.41) is 5.75. The van der Waals surface area contributed by atoms with Crippen LogP contribution in [0, 0.1) is 0 Å². The van der Waals surface area contributed by atoms with Crippen LogP contribution in [0.15, 0.2) is 42.5 Å². The van der Waals surface area contributed by atoms with E-state index in [1.165, 1.54) is 13.2 Å². The van der Waals surface area contributed by atoms with E-state index in [0.29, 0.717) is 42.5 Å². The number of hydrogen-bond acceptors (Lipinski definition) is 5. The van der Waals surface area contributed by atoms with Gasteiger partial charge in [0.05, 0.1) is 19.9 Å². The summed E-state index contributed by atoms with van der Waals surface area (Å²) >= 11 is 5.98. The van der Waals surface area contributed by atoms with Crippen molar-refractivity contribution in [3.63, 3.8) is 0 Å². The normalized spacial score (nSPS) is 15.2. The number of nitrogens with one attached hydrogen (secondary N) is 2. The third-order valence-corrected chi connectivity index (χ3v) is 5.57. The lowest BCUT2D eigenvalue weighted by atomic mass is 9.73. The standard InChI is InChI=1S/C22H25ClN2O5/c1-28-18-6-4-3-5-16(18)22(9-11-30-12-10-22)14-24-20(26)21(27)25-17-13-15(23)7-8-19(17)29-2/h3-8,13H,9-12,14H2,1-2H3,(H,24,26)(H,25,27). The van der Waals surface area contributed by atoms with Crippen molar-refractivity contribution in [3.8, 4) is 11.5 Å². The number of ether oxygens (including phenoxy) is 3. The van der Waals surface area contributed by atoms with Crippen molar-refractivity contribution in [2.75, 3.05) is 39.3 Å². The predicted octanol–water partition coefficient (Wildman–Crippen LogP) is 3.16. The van der Waals surface area contributed by atoms with E-state index in [1.54, 1.807) is 19.2 Å². The quantitative estimate of drug-likeness (QED) is 0.685. The Labute approximate surface area is 180 Å². The van der Waals surface area contributed by atoms with Gasteiger partial charge in [0, 0.05) is 35.8 Å². The topological polar surface area (TPSA) is 85.9 Å². The van der Waals surface area contributed by atoms with E-state index in [9.17, 15) is 9.59 Å². The number of benzene rings is 2. The third kappa shape index (κ3) is 4.86. The fourth-order valence-corrected chi connectivity index (χ4v) is 3.85. The number of anilines is 1. The molecule has 0 radical (unpaired) electrons. The maximum absolute atomic E-state index is 12.5. The second-order valence-electron chi connectivity index (χ2n) is 7.07. The van der Waals surface area contributed by atoms with Gasteiger partial charge < -0.3 is 24.8 Å². The van der Waals surface area contributed by atoms with Crippen LogP contribution in [0.2, 0.25) is 5.02 Å². The van der Waals surface area contributed by atoms with Gasteiger partial charge in [-0.25, -0.2) is 0 Å². The van der Waals surface area contributed by atoms with Crippen LogP contribution in [-0.4, -0.2) is 45.8 Å². The highest BCUT2D eigenvalue weighted by molar-refractivity contribution is 6.40. The zero-order valence-corrected chi connectivity index (χ0v) is 17.8. The van der Waals surface area contributed by atoms with Gasteiger partial charge in [0.25, 0.3) is 0 Å². The van der Waals surface area contributed by atoms with Crippen LogP contribution in [0.3, 0.4) is 0 Å². The highest BCUT2D eigenvalue weighted by Gasteiger charge is 2.37. The summed E-state index contributed by atoms with van der Waals surface area (Å²) in [6.07, 6.45) is 1.41. The van der Waals surface area contributed by atoms with Crippen molar-refractivity contribution < 1.29 is 23.8 Å². The molecule has 0 spiro atoms. The van der Waals surface area contributed by atoms with Gasteiger partial charge in [-0.1, -0.05) is 29.8 Å². The number of methoxy groups -OCH3 is 2. The summed E-state index contributed by atoms with van der Waals surface area (Å²) in [5.74, 6) is -0.368. The summed E-state index contributed by atoms with van der Waals surface area (Å²) in [4.78, 5) is 25.0. The molecule has 1 fully saturated rings. The maximum Gasteiger partial charge on any atom is 0.313 e.